The van der Waals surface area contributed by atoms with Crippen molar-refractivity contribution in [2.75, 3.05) is 13.2 Å². The Labute approximate surface area is 192 Å². The normalized spacial score (nSPS) is 11.9. The van der Waals surface area contributed by atoms with Crippen molar-refractivity contribution in [1.29, 1.82) is 0 Å². The summed E-state index contributed by atoms with van der Waals surface area (Å²) in [5, 5.41) is 0.241. The molecule has 170 valence electrons. The molecule has 2 aromatic carbocycles. The Morgan fingerprint density at radius 3 is 2.56 bits per heavy atom. The van der Waals surface area contributed by atoms with Gasteiger partial charge in [0.15, 0.2) is 11.6 Å². The number of rotatable bonds is 9. The minimum Gasteiger partial charge on any atom is -0.760 e. The lowest BCUT2D eigenvalue weighted by molar-refractivity contribution is 0.340. The number of ether oxygens (including phenoxy) is 2. The first-order valence-corrected chi connectivity index (χ1v) is 11.2. The molecule has 1 heterocycles. The highest BCUT2D eigenvalue weighted by molar-refractivity contribution is 7.77. The molecule has 1 N–H and O–H groups in total. The van der Waals surface area contributed by atoms with Crippen molar-refractivity contribution in [2.45, 2.75) is 13.3 Å². The lowest BCUT2D eigenvalue weighted by atomic mass is 10.0. The SMILES string of the molecule is CCOc1cc(=O)n(C)cc1-c1cc(CCNS(=O)[O-])ccc1Oc1ccc(Cl)cc1F. The fraction of sp³-hybridized carbons (Fsp3) is 0.227. The third kappa shape index (κ3) is 5.95. The number of benzene rings is 2. The Morgan fingerprint density at radius 2 is 1.88 bits per heavy atom. The van der Waals surface area contributed by atoms with Crippen molar-refractivity contribution in [2.24, 2.45) is 7.05 Å². The van der Waals surface area contributed by atoms with Gasteiger partial charge in [-0.1, -0.05) is 17.7 Å². The Hall–Kier alpha value is -2.72. The van der Waals surface area contributed by atoms with Gasteiger partial charge in [-0.3, -0.25) is 9.00 Å². The number of hydrogen-bond donors (Lipinski definition) is 1. The van der Waals surface area contributed by atoms with Crippen molar-refractivity contribution in [3.8, 4) is 28.4 Å². The van der Waals surface area contributed by atoms with Gasteiger partial charge in [0.25, 0.3) is 5.56 Å². The van der Waals surface area contributed by atoms with E-state index in [-0.39, 0.29) is 22.9 Å². The third-order valence-corrected chi connectivity index (χ3v) is 5.25. The molecule has 0 spiro atoms. The fourth-order valence-corrected chi connectivity index (χ4v) is 3.50. The maximum atomic E-state index is 14.4. The van der Waals surface area contributed by atoms with E-state index >= 15 is 0 Å². The molecule has 3 rings (SSSR count). The van der Waals surface area contributed by atoms with Gasteiger partial charge in [-0.15, -0.1) is 0 Å². The predicted octanol–water partition coefficient (Wildman–Crippen LogP) is 3.96. The van der Waals surface area contributed by atoms with E-state index in [1.807, 2.05) is 0 Å². The summed E-state index contributed by atoms with van der Waals surface area (Å²) in [6.45, 7) is 2.33. The number of halogens is 2. The summed E-state index contributed by atoms with van der Waals surface area (Å²) < 4.78 is 51.1. The van der Waals surface area contributed by atoms with Crippen LogP contribution in [0.1, 0.15) is 12.5 Å². The van der Waals surface area contributed by atoms with Crippen LogP contribution in [0.3, 0.4) is 0 Å². The zero-order chi connectivity index (χ0) is 23.3. The Balaban J connectivity index is 2.10. The smallest absolute Gasteiger partial charge is 0.254 e. The van der Waals surface area contributed by atoms with Crippen LogP contribution in [-0.4, -0.2) is 26.5 Å². The fourth-order valence-electron chi connectivity index (χ4n) is 3.08. The highest BCUT2D eigenvalue weighted by Crippen LogP contribution is 2.39. The van der Waals surface area contributed by atoms with Gasteiger partial charge in [-0.25, -0.2) is 9.11 Å². The summed E-state index contributed by atoms with van der Waals surface area (Å²) in [6, 6.07) is 10.7. The van der Waals surface area contributed by atoms with E-state index in [0.29, 0.717) is 35.7 Å². The lowest BCUT2D eigenvalue weighted by Crippen LogP contribution is -2.19. The number of aryl methyl sites for hydroxylation is 1. The molecule has 0 bridgehead atoms. The van der Waals surface area contributed by atoms with Gasteiger partial charge in [0.1, 0.15) is 11.5 Å². The van der Waals surface area contributed by atoms with Crippen LogP contribution < -0.4 is 19.8 Å². The van der Waals surface area contributed by atoms with Crippen molar-refractivity contribution in [1.82, 2.24) is 9.29 Å². The maximum absolute atomic E-state index is 14.4. The monoisotopic (exact) mass is 479 g/mol. The molecule has 0 aliphatic carbocycles. The molecule has 3 aromatic rings. The van der Waals surface area contributed by atoms with Crippen LogP contribution >= 0.6 is 11.6 Å². The molecule has 10 heteroatoms. The molecule has 0 saturated carbocycles. The number of hydrogen-bond acceptors (Lipinski definition) is 5. The van der Waals surface area contributed by atoms with E-state index in [0.717, 1.165) is 11.6 Å². The molecule has 32 heavy (non-hydrogen) atoms. The third-order valence-electron chi connectivity index (χ3n) is 4.57. The summed E-state index contributed by atoms with van der Waals surface area (Å²) in [5.74, 6) is 0.0395. The molecular weight excluding hydrogens is 459 g/mol. The van der Waals surface area contributed by atoms with Crippen LogP contribution in [0.4, 0.5) is 4.39 Å². The van der Waals surface area contributed by atoms with Gasteiger partial charge in [-0.2, -0.15) is 0 Å². The average molecular weight is 480 g/mol. The minimum atomic E-state index is -2.36. The van der Waals surface area contributed by atoms with E-state index < -0.39 is 17.1 Å². The summed E-state index contributed by atoms with van der Waals surface area (Å²) in [4.78, 5) is 12.1. The van der Waals surface area contributed by atoms with Gasteiger partial charge in [0.2, 0.25) is 0 Å². The van der Waals surface area contributed by atoms with Gasteiger partial charge in [0.05, 0.1) is 6.61 Å². The van der Waals surface area contributed by atoms with Crippen LogP contribution in [-0.2, 0) is 24.7 Å². The van der Waals surface area contributed by atoms with Gasteiger partial charge < -0.3 is 18.6 Å². The van der Waals surface area contributed by atoms with E-state index in [2.05, 4.69) is 4.72 Å². The molecule has 0 aliphatic heterocycles. The molecule has 1 aromatic heterocycles. The number of nitrogens with one attached hydrogen (secondary N) is 1. The molecule has 1 unspecified atom stereocenters. The first-order chi connectivity index (χ1) is 15.3. The van der Waals surface area contributed by atoms with Gasteiger partial charge in [0, 0.05) is 53.3 Å². The van der Waals surface area contributed by atoms with Crippen molar-refractivity contribution >= 4 is 22.9 Å². The second-order valence-corrected chi connectivity index (χ2v) is 8.01. The van der Waals surface area contributed by atoms with Crippen LogP contribution in [0, 0.1) is 5.82 Å². The predicted molar refractivity (Wildman–Crippen MR) is 120 cm³/mol. The second-order valence-electron chi connectivity index (χ2n) is 6.82. The Morgan fingerprint density at radius 1 is 1.12 bits per heavy atom. The molecule has 0 aliphatic rings. The van der Waals surface area contributed by atoms with Gasteiger partial charge in [-0.05, 0) is 49.2 Å². The van der Waals surface area contributed by atoms with E-state index in [1.165, 1.54) is 22.8 Å². The number of pyridine rings is 1. The quantitative estimate of drug-likeness (QED) is 0.469. The topological polar surface area (TPSA) is 92.6 Å². The molecular formula is C22H21ClFN2O5S-. The largest absolute Gasteiger partial charge is 0.760 e. The Bertz CT molecular complexity index is 1200. The molecule has 0 radical (unpaired) electrons. The summed E-state index contributed by atoms with van der Waals surface area (Å²) in [5.41, 5.74) is 1.68. The van der Waals surface area contributed by atoms with E-state index in [9.17, 15) is 17.9 Å². The van der Waals surface area contributed by atoms with Crippen LogP contribution in [0.2, 0.25) is 5.02 Å². The van der Waals surface area contributed by atoms with Crippen LogP contribution in [0.5, 0.6) is 17.2 Å². The minimum absolute atomic E-state index is 0.0189. The first kappa shape index (κ1) is 23.9. The highest BCUT2D eigenvalue weighted by Gasteiger charge is 2.17. The highest BCUT2D eigenvalue weighted by atomic mass is 35.5. The molecule has 0 amide bonds. The van der Waals surface area contributed by atoms with Crippen molar-refractivity contribution in [3.63, 3.8) is 0 Å². The first-order valence-electron chi connectivity index (χ1n) is 9.71. The zero-order valence-corrected chi connectivity index (χ0v) is 19.0. The molecule has 0 fully saturated rings. The standard InChI is InChI=1S/C22H22ClFN2O5S/c1-3-30-21-12-22(27)26(2)13-17(21)16-10-14(8-9-25-32(28)29)4-6-19(16)31-20-7-5-15(23)11-18(20)24/h4-7,10-13,25H,3,8-9H2,1-2H3,(H,28,29)/p-1. The van der Waals surface area contributed by atoms with E-state index in [4.69, 9.17) is 21.1 Å². The van der Waals surface area contributed by atoms with Crippen molar-refractivity contribution < 1.29 is 22.6 Å². The number of nitrogens with zero attached hydrogens (tertiary/aromatic N) is 1. The molecule has 1 atom stereocenters. The zero-order valence-electron chi connectivity index (χ0n) is 17.4. The van der Waals surface area contributed by atoms with Gasteiger partial charge >= 0.3 is 0 Å². The number of aromatic nitrogens is 1. The van der Waals surface area contributed by atoms with Crippen LogP contribution in [0.25, 0.3) is 11.1 Å². The van der Waals surface area contributed by atoms with Crippen molar-refractivity contribution in [3.05, 3.63) is 75.4 Å². The Kier molecular flexibility index (Phi) is 8.03. The summed E-state index contributed by atoms with van der Waals surface area (Å²) in [7, 11) is 1.61. The summed E-state index contributed by atoms with van der Waals surface area (Å²) in [6.07, 6.45) is 2.02. The van der Waals surface area contributed by atoms with Crippen LogP contribution in [0.15, 0.2) is 53.5 Å². The molecule has 7 nitrogen and oxygen atoms in total. The lowest BCUT2D eigenvalue weighted by Gasteiger charge is -2.17. The summed E-state index contributed by atoms with van der Waals surface area (Å²) >= 11 is 3.47. The second kappa shape index (κ2) is 10.7. The van der Waals surface area contributed by atoms with E-state index in [1.54, 1.807) is 38.4 Å². The molecule has 0 saturated heterocycles. The maximum Gasteiger partial charge on any atom is 0.254 e. The average Bonchev–Trinajstić information content (AvgIpc) is 2.73.